The summed E-state index contributed by atoms with van der Waals surface area (Å²) in [5, 5.41) is 12.7. The van der Waals surface area contributed by atoms with E-state index in [1.165, 1.54) is 146 Å². The van der Waals surface area contributed by atoms with E-state index in [0.29, 0.717) is 131 Å². The van der Waals surface area contributed by atoms with E-state index in [0.717, 1.165) is 51.5 Å². The minimum atomic E-state index is -0.320. The maximum Gasteiger partial charge on any atom is 0.245 e. The number of ether oxygens (including phenoxy) is 6. The summed E-state index contributed by atoms with van der Waals surface area (Å²) in [5.74, 6) is 7.57. The van der Waals surface area contributed by atoms with Crippen LogP contribution in [0, 0.1) is 29.5 Å². The van der Waals surface area contributed by atoms with Crippen LogP contribution in [0.4, 0.5) is 50.9 Å². The Bertz CT molecular complexity index is 4480. The number of anilines is 8. The Kier molecular flexibility index (Phi) is 24.3. The molecule has 0 saturated heterocycles. The number of aromatic nitrogens is 16. The number of hydrogen-bond acceptors (Lipinski definition) is 22. The topological polar surface area (TPSA) is 321 Å². The highest BCUT2D eigenvalue weighted by Gasteiger charge is 2.23. The van der Waals surface area contributed by atoms with Crippen molar-refractivity contribution < 1.29 is 32.8 Å². The van der Waals surface area contributed by atoms with Gasteiger partial charge in [0.2, 0.25) is 47.3 Å². The van der Waals surface area contributed by atoms with Crippen LogP contribution in [0.3, 0.4) is 0 Å². The van der Waals surface area contributed by atoms with Gasteiger partial charge in [0.1, 0.15) is 39.4 Å². The molecular weight excluding hydrogens is 1310 g/mol. The van der Waals surface area contributed by atoms with Crippen LogP contribution in [0.1, 0.15) is 141 Å². The molecule has 8 heterocycles. The van der Waals surface area contributed by atoms with Gasteiger partial charge in [-0.25, -0.2) is 24.3 Å². The maximum atomic E-state index is 13.4. The summed E-state index contributed by atoms with van der Waals surface area (Å²) in [5.41, 5.74) is 9.76. The Labute approximate surface area is 597 Å². The van der Waals surface area contributed by atoms with Gasteiger partial charge in [-0.05, 0) is 154 Å². The number of methoxy groups -OCH3 is 2. The van der Waals surface area contributed by atoms with Crippen molar-refractivity contribution in [3.05, 3.63) is 134 Å². The molecule has 0 amide bonds. The van der Waals surface area contributed by atoms with Crippen LogP contribution in [-0.2, 0) is 6.42 Å². The predicted molar refractivity (Wildman–Crippen MR) is 396 cm³/mol. The van der Waals surface area contributed by atoms with Crippen molar-refractivity contribution >= 4 is 91.2 Å². The number of halogens is 1. The first-order valence-electron chi connectivity index (χ1n) is 36.3. The molecule has 0 spiro atoms. The molecule has 4 aliphatic rings. The summed E-state index contributed by atoms with van der Waals surface area (Å²) >= 11 is 0. The van der Waals surface area contributed by atoms with Gasteiger partial charge in [0.15, 0.2) is 22.6 Å². The van der Waals surface area contributed by atoms with Gasteiger partial charge in [0.25, 0.3) is 0 Å². The Morgan fingerprint density at radius 3 is 1.04 bits per heavy atom. The zero-order valence-corrected chi connectivity index (χ0v) is 58.7. The van der Waals surface area contributed by atoms with E-state index in [9.17, 15) is 4.39 Å². The largest absolute Gasteiger partial charge is 0.497 e. The normalized spacial score (nSPS) is 15.2. The third kappa shape index (κ3) is 19.8. The molecule has 103 heavy (non-hydrogen) atoms. The summed E-state index contributed by atoms with van der Waals surface area (Å²) in [7, 11) is 3.29. The molecular formula is C76H91FN20O6. The number of rotatable bonds is 23. The van der Waals surface area contributed by atoms with Crippen LogP contribution in [0.25, 0.3) is 44.7 Å². The second kappa shape index (κ2) is 35.6. The molecule has 4 aromatic carbocycles. The van der Waals surface area contributed by atoms with Crippen molar-refractivity contribution in [1.29, 1.82) is 0 Å². The SMILES string of the molecule is CCc1cccc(Nc2nc(OCC3CCCCC3)c3[nH]cnc3n2)c1.COc1ccc(Nc2nc(OCC3CCCCC3)c3[nH]cnc3n2)cc1.COc1cccc(Nc2nc(OCC3CCCCC3)c3[nH]cnc3n2)c1.Fc1cccc(Nc2nc(OCC3CCCCC3)c3[nH]cnc3n2)c1. The summed E-state index contributed by atoms with van der Waals surface area (Å²) in [4.78, 5) is 65.2. The number of fused-ring (bicyclic) bond motifs is 4. The van der Waals surface area contributed by atoms with Crippen LogP contribution in [0.15, 0.2) is 122 Å². The van der Waals surface area contributed by atoms with Gasteiger partial charge >= 0.3 is 0 Å². The lowest BCUT2D eigenvalue weighted by molar-refractivity contribution is 0.204. The molecule has 4 aliphatic carbocycles. The molecule has 4 saturated carbocycles. The molecule has 4 fully saturated rings. The van der Waals surface area contributed by atoms with Gasteiger partial charge in [-0.1, -0.05) is 108 Å². The van der Waals surface area contributed by atoms with Crippen molar-refractivity contribution in [2.75, 3.05) is 61.9 Å². The van der Waals surface area contributed by atoms with Gasteiger partial charge < -0.3 is 69.6 Å². The molecule has 8 aromatic heterocycles. The standard InChI is InChI=1S/C20H25N5O.2C19H23N5O2.C18H20FN5O/c1-2-14-9-6-10-16(11-14)23-20-24-18-17(21-13-22-18)19(25-20)26-12-15-7-4-3-5-8-15;1-25-15-9-5-8-14(10-15)22-19-23-17-16(20-12-21-17)18(24-19)26-11-13-6-3-2-4-7-13;1-25-15-9-7-14(8-10-15)22-19-23-17-16(20-12-21-17)18(24-19)26-11-13-5-3-2-4-6-13;19-13-7-4-8-14(9-13)22-18-23-16-15(20-11-21-16)17(24-18)25-10-12-5-2-1-3-6-12/h6,9-11,13,15H,2-5,7-8,12H2,1H3,(H2,21,22,23,24,25);5,8-10,12-13H,2-4,6-7,11H2,1H3,(H2,20,21,22,23,24);7-10,12-13H,2-6,11H2,1H3,(H2,20,21,22,23,24);4,7-9,11-12H,1-3,5-6,10H2,(H2,20,21,22,23,24). The first-order chi connectivity index (χ1) is 50.7. The van der Waals surface area contributed by atoms with E-state index in [1.54, 1.807) is 51.7 Å². The third-order valence-electron chi connectivity index (χ3n) is 19.1. The van der Waals surface area contributed by atoms with Crippen LogP contribution in [0.2, 0.25) is 0 Å². The lowest BCUT2D eigenvalue weighted by Crippen LogP contribution is -2.16. The zero-order chi connectivity index (χ0) is 70.4. The smallest absolute Gasteiger partial charge is 0.245 e. The van der Waals surface area contributed by atoms with Crippen molar-refractivity contribution in [2.45, 2.75) is 142 Å². The molecule has 0 unspecified atom stereocenters. The highest BCUT2D eigenvalue weighted by Crippen LogP contribution is 2.34. The molecule has 0 radical (unpaired) electrons. The van der Waals surface area contributed by atoms with E-state index in [1.807, 2.05) is 60.7 Å². The molecule has 538 valence electrons. The van der Waals surface area contributed by atoms with Crippen molar-refractivity contribution in [1.82, 2.24) is 79.7 Å². The van der Waals surface area contributed by atoms with Crippen molar-refractivity contribution in [3.8, 4) is 35.0 Å². The zero-order valence-electron chi connectivity index (χ0n) is 58.7. The van der Waals surface area contributed by atoms with Gasteiger partial charge in [-0.2, -0.15) is 39.9 Å². The predicted octanol–water partition coefficient (Wildman–Crippen LogP) is 16.9. The minimum absolute atomic E-state index is 0.320. The van der Waals surface area contributed by atoms with Gasteiger partial charge in [0, 0.05) is 28.8 Å². The second-order valence-electron chi connectivity index (χ2n) is 26.6. The fourth-order valence-corrected chi connectivity index (χ4v) is 13.4. The summed E-state index contributed by atoms with van der Waals surface area (Å²) in [6, 6.07) is 29.7. The molecule has 26 nitrogen and oxygen atoms in total. The number of benzene rings is 4. The minimum Gasteiger partial charge on any atom is -0.497 e. The second-order valence-corrected chi connectivity index (χ2v) is 26.6. The van der Waals surface area contributed by atoms with E-state index >= 15 is 0 Å². The summed E-state index contributed by atoms with van der Waals surface area (Å²) < 4.78 is 48.0. The number of H-pyrrole nitrogens is 4. The van der Waals surface area contributed by atoms with Gasteiger partial charge in [0.05, 0.1) is 66.0 Å². The molecule has 0 atom stereocenters. The van der Waals surface area contributed by atoms with Crippen LogP contribution < -0.4 is 49.7 Å². The molecule has 16 rings (SSSR count). The van der Waals surface area contributed by atoms with E-state index in [-0.39, 0.29) is 5.82 Å². The Morgan fingerprint density at radius 2 is 0.689 bits per heavy atom. The summed E-state index contributed by atoms with van der Waals surface area (Å²) in [6.07, 6.45) is 32.9. The number of nitrogens with zero attached hydrogens (tertiary/aromatic N) is 12. The monoisotopic (exact) mass is 1400 g/mol. The van der Waals surface area contributed by atoms with E-state index in [2.05, 4.69) is 120 Å². The highest BCUT2D eigenvalue weighted by molar-refractivity contribution is 5.80. The lowest BCUT2D eigenvalue weighted by Gasteiger charge is -2.21. The number of nitrogens with one attached hydrogen (secondary N) is 8. The van der Waals surface area contributed by atoms with Gasteiger partial charge in [-0.3, -0.25) is 0 Å². The lowest BCUT2D eigenvalue weighted by atomic mass is 9.90. The van der Waals surface area contributed by atoms with Gasteiger partial charge in [-0.15, -0.1) is 0 Å². The molecule has 8 N–H and O–H groups in total. The average molecular weight is 1400 g/mol. The van der Waals surface area contributed by atoms with Crippen molar-refractivity contribution in [2.24, 2.45) is 23.7 Å². The fourth-order valence-electron chi connectivity index (χ4n) is 13.4. The first-order valence-corrected chi connectivity index (χ1v) is 36.3. The van der Waals surface area contributed by atoms with Crippen molar-refractivity contribution in [3.63, 3.8) is 0 Å². The summed E-state index contributed by atoms with van der Waals surface area (Å²) in [6.45, 7) is 4.86. The molecule has 12 aromatic rings. The van der Waals surface area contributed by atoms with Crippen LogP contribution >= 0.6 is 0 Å². The average Bonchev–Trinajstić information content (AvgIpc) is 1.76. The van der Waals surface area contributed by atoms with Crippen LogP contribution in [0.5, 0.6) is 35.0 Å². The highest BCUT2D eigenvalue weighted by atomic mass is 19.1. The molecule has 0 bridgehead atoms. The Hall–Kier alpha value is -11.0. The first kappa shape index (κ1) is 70.4. The number of hydrogen-bond donors (Lipinski definition) is 8. The van der Waals surface area contributed by atoms with Crippen LogP contribution in [-0.4, -0.2) is 120 Å². The molecule has 0 aliphatic heterocycles. The van der Waals surface area contributed by atoms with E-state index < -0.39 is 0 Å². The fraction of sp³-hybridized carbons (Fsp3) is 0.421. The molecule has 27 heteroatoms. The number of aromatic amines is 4. The third-order valence-corrected chi connectivity index (χ3v) is 19.1. The number of aryl methyl sites for hydroxylation is 1. The van der Waals surface area contributed by atoms with E-state index in [4.69, 9.17) is 28.4 Å². The quantitative estimate of drug-likeness (QED) is 0.0295. The Morgan fingerprint density at radius 1 is 0.359 bits per heavy atom. The maximum absolute atomic E-state index is 13.4. The number of imidazole rings is 4. The Balaban J connectivity index is 0.000000122.